The van der Waals surface area contributed by atoms with Crippen LogP contribution in [0, 0.1) is 11.8 Å². The number of ketones is 1. The average Bonchev–Trinajstić information content (AvgIpc) is 2.89. The van der Waals surface area contributed by atoms with E-state index in [0.29, 0.717) is 11.1 Å². The largest absolute Gasteiger partial charge is 1.00 e. The Morgan fingerprint density at radius 3 is 1.52 bits per heavy atom. The molecule has 0 saturated carbocycles. The second-order valence-electron chi connectivity index (χ2n) is 6.16. The summed E-state index contributed by atoms with van der Waals surface area (Å²) in [5.41, 5.74) is 1.89. The number of nitrogens with zero attached hydrogens (tertiary/aromatic N) is 1. The molecule has 3 aromatic rings. The minimum atomic E-state index is -1.11. The maximum atomic E-state index is 12.2. The van der Waals surface area contributed by atoms with Crippen LogP contribution in [-0.2, 0) is 0 Å². The molecule has 1 N–H and O–H groups in total. The third kappa shape index (κ3) is 10.9. The number of Topliss-reactive ketones (excluding diaryl/α,β-unsaturated/α-hetero) is 1. The first-order valence-electron chi connectivity index (χ1n) is 9.34. The van der Waals surface area contributed by atoms with Gasteiger partial charge in [-0.25, -0.2) is 0 Å². The maximum Gasteiger partial charge on any atom is 1.00 e. The van der Waals surface area contributed by atoms with Crippen LogP contribution in [0.4, 0.5) is 0 Å². The van der Waals surface area contributed by atoms with Gasteiger partial charge in [-0.3, -0.25) is 9.59 Å². The van der Waals surface area contributed by atoms with Crippen molar-refractivity contribution in [3.63, 3.8) is 0 Å². The van der Waals surface area contributed by atoms with E-state index in [1.807, 2.05) is 67.3 Å². The smallest absolute Gasteiger partial charge is 0.512 e. The molecule has 0 fully saturated rings. The molecule has 0 heterocycles. The number of carbonyl (C=O) groups excluding carboxylic acids is 2. The van der Waals surface area contributed by atoms with Crippen molar-refractivity contribution < 1.29 is 66.1 Å². The van der Waals surface area contributed by atoms with E-state index in [1.165, 1.54) is 4.90 Å². The predicted octanol–water partition coefficient (Wildman–Crippen LogP) is 3.37. The quantitative estimate of drug-likeness (QED) is 0.168. The molecular weight excluding hydrogens is 498 g/mol. The zero-order valence-electron chi connectivity index (χ0n) is 19.0. The van der Waals surface area contributed by atoms with Crippen molar-refractivity contribution in [1.82, 2.24) is 0 Å². The molecule has 0 saturated heterocycles. The zero-order valence-corrected chi connectivity index (χ0v) is 24.6. The Hall–Kier alpha value is -0.864. The van der Waals surface area contributed by atoms with Gasteiger partial charge >= 0.3 is 51.4 Å². The molecule has 3 aromatic carbocycles. The minimum Gasteiger partial charge on any atom is -0.512 e. The normalized spacial score (nSPS) is 10.2. The molecule has 1 unspecified atom stereocenters. The topological polar surface area (TPSA) is 78.2 Å². The number of thioether (sulfide) groups is 3. The molecule has 166 valence electrons. The molecule has 0 spiro atoms. The first-order valence-corrected chi connectivity index (χ1v) is 13.0. The van der Waals surface area contributed by atoms with Crippen molar-refractivity contribution in [2.45, 2.75) is 20.8 Å². The van der Waals surface area contributed by atoms with Crippen molar-refractivity contribution in [3.05, 3.63) is 96.1 Å². The van der Waals surface area contributed by atoms with E-state index >= 15 is 0 Å². The van der Waals surface area contributed by atoms with E-state index in [9.17, 15) is 14.7 Å². The fourth-order valence-electron chi connectivity index (χ4n) is 2.53. The average molecular weight is 522 g/mol. The summed E-state index contributed by atoms with van der Waals surface area (Å²) >= 11 is 4.92. The van der Waals surface area contributed by atoms with Crippen LogP contribution in [0.15, 0.2) is 87.5 Å². The number of hydrogen-bond acceptors (Lipinski definition) is 7. The Morgan fingerprint density at radius 1 is 0.788 bits per heavy atom. The summed E-state index contributed by atoms with van der Waals surface area (Å²) in [6.45, 7) is 4.75. The molecule has 0 aliphatic heterocycles. The fraction of sp³-hybridized carbons (Fsp3) is 0.160. The van der Waals surface area contributed by atoms with Crippen molar-refractivity contribution in [2.24, 2.45) is 0 Å². The van der Waals surface area contributed by atoms with E-state index in [4.69, 9.17) is 11.8 Å². The van der Waals surface area contributed by atoms with Gasteiger partial charge in [0.2, 0.25) is 0 Å². The molecule has 33 heavy (non-hydrogen) atoms. The first-order chi connectivity index (χ1) is 15.5. The third-order valence-corrected chi connectivity index (χ3v) is 6.54. The summed E-state index contributed by atoms with van der Waals surface area (Å²) in [5.74, 6) is -0.269. The van der Waals surface area contributed by atoms with Gasteiger partial charge in [-0.15, -0.1) is 35.3 Å². The van der Waals surface area contributed by atoms with Gasteiger partial charge in [0, 0.05) is 25.8 Å². The van der Waals surface area contributed by atoms with E-state index in [-0.39, 0.29) is 57.2 Å². The summed E-state index contributed by atoms with van der Waals surface area (Å²) in [6.07, 6.45) is 5.73. The number of aliphatic hydroxyl groups is 1. The van der Waals surface area contributed by atoms with Crippen LogP contribution in [0.1, 0.15) is 32.4 Å². The second kappa shape index (κ2) is 18.5. The number of rotatable bonds is 7. The molecule has 1 atom stereocenters. The second-order valence-corrected chi connectivity index (χ2v) is 8.80. The van der Waals surface area contributed by atoms with Crippen LogP contribution >= 0.6 is 35.3 Å². The molecule has 8 heteroatoms. The summed E-state index contributed by atoms with van der Waals surface area (Å²) in [6, 6.07) is 22.2. The standard InChI is InChI=1S/C16H16O2S2.C8H8OS.CN.K/c1-19-13-7-3-11(4-8-13)15(17)16(18)12-5-9-14(20-2)10-6-12;1-10-8-4-2-7(6-9)3-5-8;1-2;/h3-10,15,17H,1-2H3;2-6H,1H3;;/q;;-1;+1. The zero-order chi connectivity index (χ0) is 23.9. The fourth-order valence-corrected chi connectivity index (χ4v) is 3.76. The van der Waals surface area contributed by atoms with Crippen LogP contribution in [0.3, 0.4) is 0 Å². The predicted molar refractivity (Wildman–Crippen MR) is 134 cm³/mol. The van der Waals surface area contributed by atoms with Gasteiger partial charge in [-0.05, 0) is 60.7 Å². The summed E-state index contributed by atoms with van der Waals surface area (Å²) in [5, 5.41) is 16.4. The molecule has 3 rings (SSSR count). The Morgan fingerprint density at radius 2 is 1.15 bits per heavy atom. The Bertz CT molecular complexity index is 992. The SMILES string of the molecule is CSc1ccc(C(=O)C(O)c2ccc(SC)cc2)cc1.CSc1ccc(C=O)cc1.[C-]#N.[K+]. The van der Waals surface area contributed by atoms with E-state index < -0.39 is 6.10 Å². The van der Waals surface area contributed by atoms with Gasteiger partial charge in [-0.1, -0.05) is 36.4 Å². The van der Waals surface area contributed by atoms with Crippen molar-refractivity contribution in [2.75, 3.05) is 18.8 Å². The first kappa shape index (κ1) is 32.1. The van der Waals surface area contributed by atoms with Crippen LogP contribution < -0.4 is 51.4 Å². The number of benzene rings is 3. The van der Waals surface area contributed by atoms with Gasteiger partial charge in [0.25, 0.3) is 0 Å². The van der Waals surface area contributed by atoms with E-state index in [1.54, 1.807) is 59.6 Å². The van der Waals surface area contributed by atoms with Crippen LogP contribution in [-0.4, -0.2) is 35.9 Å². The van der Waals surface area contributed by atoms with Crippen molar-refractivity contribution in [1.29, 1.82) is 5.26 Å². The summed E-state index contributed by atoms with van der Waals surface area (Å²) in [4.78, 5) is 25.8. The molecule has 0 aliphatic rings. The molecule has 0 amide bonds. The van der Waals surface area contributed by atoms with Crippen LogP contribution in [0.5, 0.6) is 0 Å². The molecule has 0 bridgehead atoms. The Labute approximate surface area is 251 Å². The molecule has 0 radical (unpaired) electrons. The van der Waals surface area contributed by atoms with Gasteiger partial charge in [0.05, 0.1) is 0 Å². The van der Waals surface area contributed by atoms with Gasteiger partial charge in [0.15, 0.2) is 5.78 Å². The number of carbonyl (C=O) groups is 2. The van der Waals surface area contributed by atoms with Gasteiger partial charge in [-0.2, -0.15) is 0 Å². The van der Waals surface area contributed by atoms with Crippen molar-refractivity contribution in [3.8, 4) is 0 Å². The molecule has 0 aromatic heterocycles. The molecule has 4 nitrogen and oxygen atoms in total. The van der Waals surface area contributed by atoms with Crippen molar-refractivity contribution >= 4 is 47.4 Å². The van der Waals surface area contributed by atoms with Crippen LogP contribution in [0.25, 0.3) is 0 Å². The Kier molecular flexibility index (Phi) is 18.0. The van der Waals surface area contributed by atoms with Crippen LogP contribution in [0.2, 0.25) is 0 Å². The maximum absolute atomic E-state index is 12.2. The molecular formula is C25H24KNO3S3. The monoisotopic (exact) mass is 521 g/mol. The van der Waals surface area contributed by atoms with E-state index in [2.05, 4.69) is 0 Å². The van der Waals surface area contributed by atoms with Gasteiger partial charge in [0.1, 0.15) is 12.4 Å². The summed E-state index contributed by atoms with van der Waals surface area (Å²) in [7, 11) is 0. The molecule has 0 aliphatic carbocycles. The number of aldehydes is 1. The number of hydrogen-bond donors (Lipinski definition) is 1. The van der Waals surface area contributed by atoms with E-state index in [0.717, 1.165) is 21.6 Å². The number of aliphatic hydroxyl groups excluding tert-OH is 1. The van der Waals surface area contributed by atoms with Gasteiger partial charge < -0.3 is 16.9 Å². The summed E-state index contributed by atoms with van der Waals surface area (Å²) < 4.78 is 0. The Balaban J connectivity index is 0.000000666. The third-order valence-electron chi connectivity index (χ3n) is 4.31. The minimum absolute atomic E-state index is 0.